The first kappa shape index (κ1) is 103. The second kappa shape index (κ2) is 79.9. The molecule has 110 heavy (non-hydrogen) atoms. The second-order valence-corrected chi connectivity index (χ2v) is 28.4. The number of unbranched alkanes of at least 4 members (excludes halogenated alkanes) is 6. The van der Waals surface area contributed by atoms with Gasteiger partial charge < -0.3 is 33.8 Å². The molecular weight excluding hydrogens is 1430 g/mol. The quantitative estimate of drug-likeness (QED) is 0.0169. The first-order valence-corrected chi connectivity index (χ1v) is 43.3. The number of carbonyl (C=O) groups is 4. The van der Waals surface area contributed by atoms with Crippen LogP contribution in [-0.4, -0.2) is 96.7 Å². The summed E-state index contributed by atoms with van der Waals surface area (Å²) in [5.41, 5.74) is 0. The molecule has 0 aliphatic carbocycles. The Morgan fingerprint density at radius 2 is 0.473 bits per heavy atom. The fourth-order valence-corrected chi connectivity index (χ4v) is 10.9. The van der Waals surface area contributed by atoms with Crippen molar-refractivity contribution in [1.29, 1.82) is 0 Å². The first-order valence-electron chi connectivity index (χ1n) is 40.3. The summed E-state index contributed by atoms with van der Waals surface area (Å²) in [6, 6.07) is 0. The molecule has 5 unspecified atom stereocenters. The van der Waals surface area contributed by atoms with Crippen LogP contribution in [0, 0.1) is 0 Å². The number of hydrogen-bond donors (Lipinski definition) is 3. The van der Waals surface area contributed by atoms with Crippen molar-refractivity contribution in [2.45, 2.75) is 264 Å². The number of aliphatic hydroxyl groups excluding tert-OH is 1. The van der Waals surface area contributed by atoms with Crippen LogP contribution in [0.1, 0.15) is 246 Å². The van der Waals surface area contributed by atoms with Crippen LogP contribution in [0.15, 0.2) is 243 Å². The highest BCUT2D eigenvalue weighted by molar-refractivity contribution is 7.47. The molecule has 0 amide bonds. The van der Waals surface area contributed by atoms with Crippen molar-refractivity contribution in [2.24, 2.45) is 0 Å². The van der Waals surface area contributed by atoms with Gasteiger partial charge in [0.15, 0.2) is 12.2 Å². The third-order valence-corrected chi connectivity index (χ3v) is 17.2. The minimum atomic E-state index is -5.03. The Labute approximate surface area is 663 Å². The molecule has 19 heteroatoms. The Bertz CT molecular complexity index is 3050. The number of phosphoric acid groups is 2. The summed E-state index contributed by atoms with van der Waals surface area (Å²) < 4.78 is 68.4. The van der Waals surface area contributed by atoms with Gasteiger partial charge in [-0.05, 0) is 186 Å². The smallest absolute Gasteiger partial charge is 0.462 e. The van der Waals surface area contributed by atoms with Crippen LogP contribution in [0.25, 0.3) is 0 Å². The summed E-state index contributed by atoms with van der Waals surface area (Å²) in [6.07, 6.45) is 105. The van der Waals surface area contributed by atoms with E-state index in [2.05, 4.69) is 234 Å². The number of allylic oxidation sites excluding steroid dienone is 40. The van der Waals surface area contributed by atoms with Crippen LogP contribution in [0.2, 0.25) is 0 Å². The van der Waals surface area contributed by atoms with E-state index in [9.17, 15) is 43.2 Å². The Morgan fingerprint density at radius 3 is 0.764 bits per heavy atom. The fourth-order valence-electron chi connectivity index (χ4n) is 9.36. The molecule has 0 saturated heterocycles. The molecule has 0 aromatic heterocycles. The van der Waals surface area contributed by atoms with E-state index in [0.29, 0.717) is 44.9 Å². The molecule has 0 aliphatic rings. The summed E-state index contributed by atoms with van der Waals surface area (Å²) in [4.78, 5) is 73.1. The summed E-state index contributed by atoms with van der Waals surface area (Å²) >= 11 is 0. The third-order valence-electron chi connectivity index (χ3n) is 15.3. The predicted octanol–water partition coefficient (Wildman–Crippen LogP) is 24.0. The molecule has 17 nitrogen and oxygen atoms in total. The fraction of sp³-hybridized carbons (Fsp3) is 0.516. The standard InChI is InChI=1S/C91H138O17P2/c1-5-9-13-17-21-25-29-33-37-40-42-45-49-52-56-60-64-68-72-76-89(94)102-82-87(108-91(96)78-74-70-66-62-58-54-50-46-43-41-38-34-30-26-22-18-14-10-6-2)84-106-110(99,100)104-80-85(92)79-103-109(97,98)105-83-86(107-90(95)77-73-69-65-61-57-53-47-36-32-28-24-20-16-12-8-4)81-101-88(93)75-71-67-63-59-55-51-48-44-39-35-31-27-23-19-15-11-7-3/h9-16,21-28,33-39,42-43,45-48,51-52,54,56-59,61,63-64,68,85-87,92H,5-8,17-20,29-32,40-41,44,49-50,53,55,60,62,65-67,69-84H2,1-4H3,(H,97,98)(H,99,100)/b13-9-,14-10-,15-11-,16-12-,25-21-,26-22-,27-23-,28-24-,37-33-,38-34-,39-35-,45-42-,46-43-,47-36-,51-48-,56-52-,58-54-,61-57-,63-59-,68-64-. The van der Waals surface area contributed by atoms with Crippen molar-refractivity contribution in [2.75, 3.05) is 39.6 Å². The summed E-state index contributed by atoms with van der Waals surface area (Å²) in [5.74, 6) is -2.46. The Hall–Kier alpha value is -7.14. The van der Waals surface area contributed by atoms with E-state index >= 15 is 0 Å². The van der Waals surface area contributed by atoms with Gasteiger partial charge in [0.25, 0.3) is 0 Å². The highest BCUT2D eigenvalue weighted by atomic mass is 31.2. The van der Waals surface area contributed by atoms with Gasteiger partial charge in [0, 0.05) is 25.7 Å². The number of esters is 4. The molecule has 0 aliphatic heterocycles. The van der Waals surface area contributed by atoms with Crippen molar-refractivity contribution in [3.05, 3.63) is 243 Å². The van der Waals surface area contributed by atoms with Gasteiger partial charge in [-0.3, -0.25) is 37.3 Å². The zero-order valence-corrected chi connectivity index (χ0v) is 68.9. The molecule has 0 aromatic rings. The zero-order valence-electron chi connectivity index (χ0n) is 67.1. The molecule has 5 atom stereocenters. The van der Waals surface area contributed by atoms with Gasteiger partial charge >= 0.3 is 39.5 Å². The van der Waals surface area contributed by atoms with E-state index in [0.717, 1.165) is 148 Å². The van der Waals surface area contributed by atoms with Crippen molar-refractivity contribution in [3.8, 4) is 0 Å². The Kier molecular flexibility index (Phi) is 74.7. The lowest BCUT2D eigenvalue weighted by atomic mass is 10.1. The van der Waals surface area contributed by atoms with E-state index in [1.807, 2.05) is 36.5 Å². The highest BCUT2D eigenvalue weighted by Crippen LogP contribution is 2.45. The number of phosphoric ester groups is 2. The summed E-state index contributed by atoms with van der Waals surface area (Å²) in [5, 5.41) is 10.7. The number of ether oxygens (including phenoxy) is 4. The van der Waals surface area contributed by atoms with E-state index in [1.165, 1.54) is 0 Å². The maximum absolute atomic E-state index is 13.1. The minimum absolute atomic E-state index is 0.0148. The monoisotopic (exact) mass is 1560 g/mol. The number of rotatable bonds is 72. The van der Waals surface area contributed by atoms with E-state index < -0.39 is 97.5 Å². The maximum atomic E-state index is 13.1. The highest BCUT2D eigenvalue weighted by Gasteiger charge is 2.30. The molecule has 0 rings (SSSR count). The van der Waals surface area contributed by atoms with Crippen LogP contribution in [0.4, 0.5) is 0 Å². The lowest BCUT2D eigenvalue weighted by Gasteiger charge is -2.21. The molecule has 0 heterocycles. The lowest BCUT2D eigenvalue weighted by molar-refractivity contribution is -0.161. The van der Waals surface area contributed by atoms with Gasteiger partial charge in [-0.1, -0.05) is 277 Å². The normalized spacial score (nSPS) is 15.1. The molecule has 614 valence electrons. The molecule has 0 bridgehead atoms. The van der Waals surface area contributed by atoms with Gasteiger partial charge in [-0.2, -0.15) is 0 Å². The van der Waals surface area contributed by atoms with Crippen LogP contribution in [0.5, 0.6) is 0 Å². The Morgan fingerprint density at radius 1 is 0.255 bits per heavy atom. The lowest BCUT2D eigenvalue weighted by Crippen LogP contribution is -2.30. The molecule has 0 radical (unpaired) electrons. The van der Waals surface area contributed by atoms with E-state index in [4.69, 9.17) is 37.0 Å². The molecule has 3 N–H and O–H groups in total. The van der Waals surface area contributed by atoms with Gasteiger partial charge in [-0.15, -0.1) is 0 Å². The van der Waals surface area contributed by atoms with Crippen LogP contribution in [0.3, 0.4) is 0 Å². The maximum Gasteiger partial charge on any atom is 0.472 e. The zero-order chi connectivity index (χ0) is 80.3. The first-order chi connectivity index (χ1) is 53.7. The van der Waals surface area contributed by atoms with Gasteiger partial charge in [0.1, 0.15) is 19.3 Å². The molecule has 0 saturated carbocycles. The largest absolute Gasteiger partial charge is 0.472 e. The molecule has 0 spiro atoms. The third kappa shape index (κ3) is 79.0. The van der Waals surface area contributed by atoms with E-state index in [1.54, 1.807) is 0 Å². The second-order valence-electron chi connectivity index (χ2n) is 25.5. The SMILES string of the molecule is CC/C=C\C/C=C\C/C=C\C/C=C\C/C=C\C/C=C\CCC(=O)OCC(COP(=O)(O)OCC(O)COP(=O)(O)OCC(COC(=O)CCC/C=C\C/C=C\C/C=C\C/C=C\C/C=C\CC)OC(=O)CCCC/C=C\C/C=C\C/C=C\C/C=C\CC)OC(=O)CCCCC/C=C\C/C=C\C/C=C\C/C=C\C/C=C\CC. The van der Waals surface area contributed by atoms with Gasteiger partial charge in [0.05, 0.1) is 26.4 Å². The topological polar surface area (TPSA) is 237 Å². The van der Waals surface area contributed by atoms with Crippen LogP contribution in [-0.2, 0) is 65.4 Å². The molecule has 0 fully saturated rings. The van der Waals surface area contributed by atoms with E-state index in [-0.39, 0.29) is 25.7 Å². The number of aliphatic hydroxyl groups is 1. The van der Waals surface area contributed by atoms with Crippen molar-refractivity contribution < 1.29 is 80.2 Å². The minimum Gasteiger partial charge on any atom is -0.462 e. The average Bonchev–Trinajstić information content (AvgIpc) is 0.900. The summed E-state index contributed by atoms with van der Waals surface area (Å²) in [6.45, 7) is 4.12. The molecule has 0 aromatic carbocycles. The molecular formula is C91H138O17P2. The van der Waals surface area contributed by atoms with Crippen molar-refractivity contribution >= 4 is 39.5 Å². The summed E-state index contributed by atoms with van der Waals surface area (Å²) in [7, 11) is -10.1. The predicted molar refractivity (Wildman–Crippen MR) is 454 cm³/mol. The van der Waals surface area contributed by atoms with Gasteiger partial charge in [0.2, 0.25) is 0 Å². The van der Waals surface area contributed by atoms with Gasteiger partial charge in [-0.25, -0.2) is 9.13 Å². The average molecular weight is 1570 g/mol. The number of hydrogen-bond acceptors (Lipinski definition) is 15. The van der Waals surface area contributed by atoms with Crippen LogP contribution < -0.4 is 0 Å². The Balaban J connectivity index is 5.60. The number of carbonyl (C=O) groups excluding carboxylic acids is 4. The van der Waals surface area contributed by atoms with Crippen molar-refractivity contribution in [1.82, 2.24) is 0 Å². The van der Waals surface area contributed by atoms with Crippen molar-refractivity contribution in [3.63, 3.8) is 0 Å². The van der Waals surface area contributed by atoms with Crippen LogP contribution >= 0.6 is 15.6 Å².